The SMILES string of the molecule is CC(C1CCCCC1)N1CCN(C(=O)C(Cc2ccc(Cl)cc2)NC(=O)CC2NCCc3ccccc32)CC1.CCN(C)SC. The zero-order chi connectivity index (χ0) is 32.2. The van der Waals surface area contributed by atoms with Gasteiger partial charge in [-0.3, -0.25) is 18.8 Å². The summed E-state index contributed by atoms with van der Waals surface area (Å²) in [6.45, 7) is 9.69. The summed E-state index contributed by atoms with van der Waals surface area (Å²) < 4.78 is 2.17. The largest absolute Gasteiger partial charge is 0.344 e. The molecule has 7 nitrogen and oxygen atoms in total. The van der Waals surface area contributed by atoms with Crippen LogP contribution in [-0.4, -0.2) is 90.6 Å². The van der Waals surface area contributed by atoms with E-state index in [2.05, 4.69) is 65.2 Å². The van der Waals surface area contributed by atoms with E-state index in [1.165, 1.54) is 43.2 Å². The number of nitrogens with one attached hydrogen (secondary N) is 2. The second-order valence-electron chi connectivity index (χ2n) is 12.7. The molecule has 3 aliphatic rings. The Morgan fingerprint density at radius 3 is 2.38 bits per heavy atom. The summed E-state index contributed by atoms with van der Waals surface area (Å²) >= 11 is 7.86. The minimum atomic E-state index is -0.597. The van der Waals surface area contributed by atoms with Gasteiger partial charge in [-0.25, -0.2) is 0 Å². The fourth-order valence-corrected chi connectivity index (χ4v) is 7.27. The molecule has 248 valence electrons. The zero-order valence-corrected chi connectivity index (χ0v) is 29.3. The Morgan fingerprint density at radius 1 is 1.04 bits per heavy atom. The Balaban J connectivity index is 0.000000700. The van der Waals surface area contributed by atoms with E-state index < -0.39 is 6.04 Å². The van der Waals surface area contributed by atoms with E-state index in [1.54, 1.807) is 11.9 Å². The number of amides is 2. The third-order valence-corrected chi connectivity index (χ3v) is 11.0. The molecule has 0 aromatic heterocycles. The first kappa shape index (κ1) is 35.7. The molecule has 2 aliphatic heterocycles. The van der Waals surface area contributed by atoms with Crippen LogP contribution in [0.1, 0.15) is 75.1 Å². The molecular weight excluding hydrogens is 602 g/mol. The molecule has 2 N–H and O–H groups in total. The van der Waals surface area contributed by atoms with Crippen molar-refractivity contribution in [3.8, 4) is 0 Å². The van der Waals surface area contributed by atoms with Gasteiger partial charge >= 0.3 is 0 Å². The predicted molar refractivity (Wildman–Crippen MR) is 189 cm³/mol. The highest BCUT2D eigenvalue weighted by molar-refractivity contribution is 7.96. The van der Waals surface area contributed by atoms with Gasteiger partial charge in [0.25, 0.3) is 0 Å². The summed E-state index contributed by atoms with van der Waals surface area (Å²) in [5, 5.41) is 7.28. The predicted octanol–water partition coefficient (Wildman–Crippen LogP) is 5.97. The van der Waals surface area contributed by atoms with Crippen LogP contribution in [-0.2, 0) is 22.4 Å². The van der Waals surface area contributed by atoms with Crippen molar-refractivity contribution < 1.29 is 9.59 Å². The van der Waals surface area contributed by atoms with Crippen LogP contribution in [0, 0.1) is 5.92 Å². The maximum atomic E-state index is 13.8. The molecule has 45 heavy (non-hydrogen) atoms. The number of carbonyl (C=O) groups is 2. The maximum absolute atomic E-state index is 13.8. The van der Waals surface area contributed by atoms with Gasteiger partial charge in [-0.1, -0.05) is 86.1 Å². The van der Waals surface area contributed by atoms with Crippen LogP contribution < -0.4 is 10.6 Å². The second kappa shape index (κ2) is 18.3. The van der Waals surface area contributed by atoms with Crippen LogP contribution in [0.4, 0.5) is 0 Å². The van der Waals surface area contributed by atoms with E-state index in [0.717, 1.165) is 44.1 Å². The van der Waals surface area contributed by atoms with E-state index in [4.69, 9.17) is 11.6 Å². The molecule has 1 aliphatic carbocycles. The molecule has 2 fully saturated rings. The van der Waals surface area contributed by atoms with Crippen LogP contribution in [0.15, 0.2) is 48.5 Å². The first-order chi connectivity index (χ1) is 21.8. The lowest BCUT2D eigenvalue weighted by molar-refractivity contribution is -0.138. The summed E-state index contributed by atoms with van der Waals surface area (Å²) in [6.07, 6.45) is 10.5. The van der Waals surface area contributed by atoms with Crippen LogP contribution in [0.3, 0.4) is 0 Å². The van der Waals surface area contributed by atoms with Crippen molar-refractivity contribution in [2.75, 3.05) is 52.6 Å². The number of piperazine rings is 1. The van der Waals surface area contributed by atoms with Crippen molar-refractivity contribution >= 4 is 35.4 Å². The molecule has 3 unspecified atom stereocenters. The standard InChI is InChI=1S/C32H43ClN4O2.C4H11NS/c1-23(25-7-3-2-4-8-25)36-17-19-37(20-18-36)32(39)30(21-24-11-13-27(33)14-12-24)35-31(38)22-29-28-10-6-5-9-26(28)15-16-34-29;1-4-5(2)6-3/h5-6,9-14,23,25,29-30,34H,2-4,7-8,15-22H2,1H3,(H,35,38);4H2,1-3H3. The molecule has 3 atom stereocenters. The number of hydrogen-bond acceptors (Lipinski definition) is 6. The topological polar surface area (TPSA) is 67.9 Å². The van der Waals surface area contributed by atoms with Crippen molar-refractivity contribution in [1.29, 1.82) is 0 Å². The summed E-state index contributed by atoms with van der Waals surface area (Å²) in [5.41, 5.74) is 3.47. The number of benzene rings is 2. The third kappa shape index (κ3) is 10.7. The molecule has 0 bridgehead atoms. The molecule has 9 heteroatoms. The average molecular weight is 656 g/mol. The fourth-order valence-electron chi connectivity index (χ4n) is 6.88. The number of halogens is 1. The average Bonchev–Trinajstić information content (AvgIpc) is 3.08. The van der Waals surface area contributed by atoms with Gasteiger partial charge < -0.3 is 15.5 Å². The number of hydrogen-bond donors (Lipinski definition) is 2. The van der Waals surface area contributed by atoms with E-state index in [9.17, 15) is 9.59 Å². The van der Waals surface area contributed by atoms with Crippen molar-refractivity contribution in [3.05, 3.63) is 70.2 Å². The third-order valence-electron chi connectivity index (χ3n) is 9.88. The van der Waals surface area contributed by atoms with Crippen molar-refractivity contribution in [3.63, 3.8) is 0 Å². The molecule has 0 radical (unpaired) electrons. The minimum Gasteiger partial charge on any atom is -0.344 e. The van der Waals surface area contributed by atoms with Crippen LogP contribution in [0.25, 0.3) is 0 Å². The maximum Gasteiger partial charge on any atom is 0.245 e. The number of fused-ring (bicyclic) bond motifs is 1. The van der Waals surface area contributed by atoms with Crippen LogP contribution in [0.5, 0.6) is 0 Å². The monoisotopic (exact) mass is 655 g/mol. The Morgan fingerprint density at radius 2 is 1.73 bits per heavy atom. The second-order valence-corrected chi connectivity index (χ2v) is 14.2. The van der Waals surface area contributed by atoms with E-state index in [1.807, 2.05) is 35.2 Å². The highest BCUT2D eigenvalue weighted by atomic mass is 35.5. The molecule has 0 spiro atoms. The van der Waals surface area contributed by atoms with Crippen molar-refractivity contribution in [2.24, 2.45) is 5.92 Å². The quantitative estimate of drug-likeness (QED) is 0.308. The van der Waals surface area contributed by atoms with Crippen molar-refractivity contribution in [1.82, 2.24) is 24.7 Å². The van der Waals surface area contributed by atoms with E-state index in [0.29, 0.717) is 37.0 Å². The van der Waals surface area contributed by atoms with Crippen LogP contribution >= 0.6 is 23.5 Å². The summed E-state index contributed by atoms with van der Waals surface area (Å²) in [6, 6.07) is 15.8. The molecule has 2 aromatic carbocycles. The summed E-state index contributed by atoms with van der Waals surface area (Å²) in [5.74, 6) is 0.692. The highest BCUT2D eigenvalue weighted by Crippen LogP contribution is 2.29. The van der Waals surface area contributed by atoms with Gasteiger partial charge in [-0.15, -0.1) is 0 Å². The molecule has 5 rings (SSSR count). The zero-order valence-electron chi connectivity index (χ0n) is 27.8. The Labute approximate surface area is 280 Å². The first-order valence-corrected chi connectivity index (χ1v) is 18.5. The first-order valence-electron chi connectivity index (χ1n) is 16.9. The number of nitrogens with zero attached hydrogens (tertiary/aromatic N) is 3. The number of carbonyl (C=O) groups excluding carboxylic acids is 2. The lowest BCUT2D eigenvalue weighted by Gasteiger charge is -2.42. The van der Waals surface area contributed by atoms with E-state index >= 15 is 0 Å². The lowest BCUT2D eigenvalue weighted by Crippen LogP contribution is -2.57. The van der Waals surface area contributed by atoms with Gasteiger partial charge in [0.1, 0.15) is 6.04 Å². The molecule has 1 saturated carbocycles. The highest BCUT2D eigenvalue weighted by Gasteiger charge is 2.33. The molecule has 2 aromatic rings. The molecule has 1 saturated heterocycles. The van der Waals surface area contributed by atoms with Gasteiger partial charge in [-0.2, -0.15) is 0 Å². The Bertz CT molecular complexity index is 1200. The van der Waals surface area contributed by atoms with E-state index in [-0.39, 0.29) is 17.9 Å². The number of rotatable bonds is 10. The molecular formula is C36H54ClN5O2S. The van der Waals surface area contributed by atoms with Crippen LogP contribution in [0.2, 0.25) is 5.02 Å². The minimum absolute atomic E-state index is 0.0141. The van der Waals surface area contributed by atoms with Gasteiger partial charge in [0.05, 0.1) is 0 Å². The Hall–Kier alpha value is -2.10. The summed E-state index contributed by atoms with van der Waals surface area (Å²) in [7, 11) is 2.07. The van der Waals surface area contributed by atoms with Gasteiger partial charge in [0.15, 0.2) is 0 Å². The summed E-state index contributed by atoms with van der Waals surface area (Å²) in [4.78, 5) is 31.7. The Kier molecular flexibility index (Phi) is 14.5. The molecule has 2 amide bonds. The van der Waals surface area contributed by atoms with Gasteiger partial charge in [0, 0.05) is 62.7 Å². The smallest absolute Gasteiger partial charge is 0.245 e. The van der Waals surface area contributed by atoms with Crippen molar-refractivity contribution in [2.45, 2.75) is 83.3 Å². The molecule has 2 heterocycles. The fraction of sp³-hybridized carbons (Fsp3) is 0.611. The normalized spacial score (nSPS) is 20.5. The van der Waals surface area contributed by atoms with Gasteiger partial charge in [-0.05, 0) is 80.8 Å². The lowest BCUT2D eigenvalue weighted by atomic mass is 9.84. The van der Waals surface area contributed by atoms with Gasteiger partial charge in [0.2, 0.25) is 11.8 Å².